The lowest BCUT2D eigenvalue weighted by Crippen LogP contribution is -2.55. The van der Waals surface area contributed by atoms with Gasteiger partial charge in [0.25, 0.3) is 9.05 Å². The summed E-state index contributed by atoms with van der Waals surface area (Å²) in [6, 6.07) is 7.17. The fourth-order valence-electron chi connectivity index (χ4n) is 5.46. The zero-order valence-corrected chi connectivity index (χ0v) is 14.0. The maximum absolute atomic E-state index is 11.4. The van der Waals surface area contributed by atoms with E-state index in [9.17, 15) is 8.42 Å². The Morgan fingerprint density at radius 1 is 1.00 bits per heavy atom. The minimum Gasteiger partial charge on any atom is -0.207 e. The number of alkyl halides is 1. The molecule has 1 aromatic rings. The van der Waals surface area contributed by atoms with E-state index in [1.54, 1.807) is 12.1 Å². The number of rotatable bonds is 2. The van der Waals surface area contributed by atoms with Crippen molar-refractivity contribution in [3.63, 3.8) is 0 Å². The zero-order valence-electron chi connectivity index (χ0n) is 11.7. The molecule has 2 unspecified atom stereocenters. The Kier molecular flexibility index (Phi) is 3.00. The van der Waals surface area contributed by atoms with E-state index in [1.165, 1.54) is 24.8 Å². The summed E-state index contributed by atoms with van der Waals surface area (Å²) in [6.45, 7) is 0. The third-order valence-corrected chi connectivity index (χ3v) is 7.55. The van der Waals surface area contributed by atoms with Crippen LogP contribution >= 0.6 is 22.3 Å². The summed E-state index contributed by atoms with van der Waals surface area (Å²) in [7, 11) is 1.76. The monoisotopic (exact) mass is 344 g/mol. The van der Waals surface area contributed by atoms with Crippen molar-refractivity contribution in [2.45, 2.75) is 53.7 Å². The molecule has 0 aliphatic heterocycles. The number of benzene rings is 1. The van der Waals surface area contributed by atoms with Gasteiger partial charge in [0.2, 0.25) is 0 Å². The topological polar surface area (TPSA) is 34.1 Å². The molecule has 5 rings (SSSR count). The molecule has 114 valence electrons. The van der Waals surface area contributed by atoms with E-state index in [-0.39, 0.29) is 15.2 Å². The van der Waals surface area contributed by atoms with E-state index >= 15 is 0 Å². The van der Waals surface area contributed by atoms with E-state index < -0.39 is 9.05 Å². The van der Waals surface area contributed by atoms with Crippen LogP contribution in [0.25, 0.3) is 0 Å². The van der Waals surface area contributed by atoms with Crippen LogP contribution in [0.4, 0.5) is 0 Å². The molecule has 4 aliphatic carbocycles. The molecular weight excluding hydrogens is 327 g/mol. The van der Waals surface area contributed by atoms with Crippen LogP contribution in [0.15, 0.2) is 29.2 Å². The standard InChI is InChI=1S/C16H18Cl2O2S/c17-16-8-11-5-12(9-16)7-15(6-11,10-16)13-1-3-14(4-2-13)21(18,19)20/h1-4,11-12H,5-10H2. The minimum atomic E-state index is -3.64. The van der Waals surface area contributed by atoms with Crippen LogP contribution in [0.5, 0.6) is 0 Å². The van der Waals surface area contributed by atoms with Crippen LogP contribution in [0.3, 0.4) is 0 Å². The lowest BCUT2D eigenvalue weighted by Gasteiger charge is -2.60. The first kappa shape index (κ1) is 14.3. The van der Waals surface area contributed by atoms with Crippen molar-refractivity contribution in [2.75, 3.05) is 0 Å². The Hall–Kier alpha value is -0.250. The summed E-state index contributed by atoms with van der Waals surface area (Å²) >= 11 is 6.86. The zero-order chi connectivity index (χ0) is 14.9. The Bertz CT molecular complexity index is 667. The summed E-state index contributed by atoms with van der Waals surface area (Å²) in [5.74, 6) is 1.47. The van der Waals surface area contributed by atoms with Gasteiger partial charge >= 0.3 is 0 Å². The van der Waals surface area contributed by atoms with Gasteiger partial charge in [-0.15, -0.1) is 11.6 Å². The van der Waals surface area contributed by atoms with Gasteiger partial charge in [0.05, 0.1) is 4.90 Å². The first-order chi connectivity index (χ1) is 9.78. The Balaban J connectivity index is 1.73. The molecule has 1 aromatic carbocycles. The highest BCUT2D eigenvalue weighted by molar-refractivity contribution is 8.13. The molecule has 21 heavy (non-hydrogen) atoms. The van der Waals surface area contributed by atoms with Gasteiger partial charge in [0.1, 0.15) is 0 Å². The van der Waals surface area contributed by atoms with Crippen LogP contribution in [0.2, 0.25) is 0 Å². The lowest BCUT2D eigenvalue weighted by atomic mass is 9.47. The molecule has 0 saturated heterocycles. The van der Waals surface area contributed by atoms with Crippen LogP contribution in [-0.2, 0) is 14.5 Å². The highest BCUT2D eigenvalue weighted by Gasteiger charge is 2.57. The fraction of sp³-hybridized carbons (Fsp3) is 0.625. The second-order valence-corrected chi connectivity index (χ2v) is 10.7. The van der Waals surface area contributed by atoms with Crippen LogP contribution < -0.4 is 0 Å². The molecule has 4 saturated carbocycles. The molecule has 0 heterocycles. The third-order valence-electron chi connectivity index (χ3n) is 5.74. The minimum absolute atomic E-state index is 0.0265. The van der Waals surface area contributed by atoms with Crippen molar-refractivity contribution in [3.05, 3.63) is 29.8 Å². The summed E-state index contributed by atoms with van der Waals surface area (Å²) in [4.78, 5) is 0.152. The molecular formula is C16H18Cl2O2S. The maximum atomic E-state index is 11.4. The van der Waals surface area contributed by atoms with E-state index in [0.717, 1.165) is 31.1 Å². The van der Waals surface area contributed by atoms with Gasteiger partial charge in [-0.2, -0.15) is 0 Å². The molecule has 2 atom stereocenters. The molecule has 2 nitrogen and oxygen atoms in total. The molecule has 0 N–H and O–H groups in total. The lowest BCUT2D eigenvalue weighted by molar-refractivity contribution is 0.00896. The number of hydrogen-bond donors (Lipinski definition) is 0. The van der Waals surface area contributed by atoms with E-state index in [2.05, 4.69) is 0 Å². The molecule has 0 amide bonds. The highest BCUT2D eigenvalue weighted by atomic mass is 35.7. The van der Waals surface area contributed by atoms with Crippen molar-refractivity contribution < 1.29 is 8.42 Å². The quantitative estimate of drug-likeness (QED) is 0.586. The van der Waals surface area contributed by atoms with Gasteiger partial charge in [-0.1, -0.05) is 12.1 Å². The van der Waals surface area contributed by atoms with Crippen molar-refractivity contribution in [3.8, 4) is 0 Å². The first-order valence-corrected chi connectivity index (χ1v) is 10.2. The van der Waals surface area contributed by atoms with Crippen molar-refractivity contribution in [1.82, 2.24) is 0 Å². The summed E-state index contributed by atoms with van der Waals surface area (Å²) in [5, 5.41) is 0. The van der Waals surface area contributed by atoms with Crippen molar-refractivity contribution >= 4 is 31.3 Å². The van der Waals surface area contributed by atoms with Gasteiger partial charge < -0.3 is 0 Å². The van der Waals surface area contributed by atoms with Crippen LogP contribution in [0, 0.1) is 11.8 Å². The van der Waals surface area contributed by atoms with Gasteiger partial charge in [-0.25, -0.2) is 8.42 Å². The fourth-order valence-corrected chi connectivity index (χ4v) is 6.92. The summed E-state index contributed by atoms with van der Waals surface area (Å²) in [5.41, 5.74) is 1.39. The Morgan fingerprint density at radius 3 is 2.05 bits per heavy atom. The first-order valence-electron chi connectivity index (χ1n) is 7.52. The average Bonchev–Trinajstić information content (AvgIpc) is 2.35. The largest absolute Gasteiger partial charge is 0.261 e. The molecule has 0 aromatic heterocycles. The van der Waals surface area contributed by atoms with E-state index in [4.69, 9.17) is 22.3 Å². The third kappa shape index (κ3) is 2.32. The van der Waals surface area contributed by atoms with Gasteiger partial charge in [-0.05, 0) is 73.5 Å². The predicted octanol–water partition coefficient (Wildman–Crippen LogP) is 4.44. The molecule has 0 spiro atoms. The van der Waals surface area contributed by atoms with Gasteiger partial charge in [0, 0.05) is 15.6 Å². The van der Waals surface area contributed by atoms with Crippen LogP contribution in [0.1, 0.15) is 44.1 Å². The van der Waals surface area contributed by atoms with E-state index in [1.807, 2.05) is 12.1 Å². The number of halogens is 2. The molecule has 4 bridgehead atoms. The molecule has 4 aliphatic rings. The summed E-state index contributed by atoms with van der Waals surface area (Å²) in [6.07, 6.45) is 7.06. The SMILES string of the molecule is O=S(=O)(Cl)c1ccc(C23CC4CC(CC(Cl)(C4)C2)C3)cc1. The van der Waals surface area contributed by atoms with E-state index in [0.29, 0.717) is 0 Å². The second-order valence-electron chi connectivity index (χ2n) is 7.35. The highest BCUT2D eigenvalue weighted by Crippen LogP contribution is 2.64. The molecule has 0 radical (unpaired) electrons. The van der Waals surface area contributed by atoms with Crippen LogP contribution in [-0.4, -0.2) is 13.3 Å². The number of hydrogen-bond acceptors (Lipinski definition) is 2. The smallest absolute Gasteiger partial charge is 0.207 e. The van der Waals surface area contributed by atoms with Crippen molar-refractivity contribution in [2.24, 2.45) is 11.8 Å². The Morgan fingerprint density at radius 2 is 1.57 bits per heavy atom. The van der Waals surface area contributed by atoms with Gasteiger partial charge in [-0.3, -0.25) is 0 Å². The molecule has 5 heteroatoms. The molecule has 4 fully saturated rings. The van der Waals surface area contributed by atoms with Gasteiger partial charge in [0.15, 0.2) is 0 Å². The predicted molar refractivity (Wildman–Crippen MR) is 84.4 cm³/mol. The Labute approximate surface area is 135 Å². The maximum Gasteiger partial charge on any atom is 0.261 e. The normalized spacial score (nSPS) is 41.4. The second kappa shape index (κ2) is 4.39. The summed E-state index contributed by atoms with van der Waals surface area (Å²) < 4.78 is 22.8. The average molecular weight is 345 g/mol. The van der Waals surface area contributed by atoms with Crippen molar-refractivity contribution in [1.29, 1.82) is 0 Å².